The first-order valence-electron chi connectivity index (χ1n) is 5.26. The maximum Gasteiger partial charge on any atom is 0.335 e. The molecule has 0 heterocycles. The molecule has 0 aliphatic heterocycles. The molecule has 1 aromatic carbocycles. The van der Waals surface area contributed by atoms with Crippen LogP contribution in [-0.4, -0.2) is 26.0 Å². The van der Waals surface area contributed by atoms with E-state index in [-0.39, 0.29) is 27.9 Å². The van der Waals surface area contributed by atoms with Crippen molar-refractivity contribution in [3.8, 4) is 0 Å². The lowest BCUT2D eigenvalue weighted by atomic mass is 10.2. The van der Waals surface area contributed by atoms with E-state index in [1.165, 1.54) is 12.1 Å². The van der Waals surface area contributed by atoms with Gasteiger partial charge in [0, 0.05) is 6.54 Å². The van der Waals surface area contributed by atoms with Crippen LogP contribution in [0.2, 0.25) is 5.02 Å². The van der Waals surface area contributed by atoms with Crippen molar-refractivity contribution in [2.75, 3.05) is 6.54 Å². The Morgan fingerprint density at radius 2 is 2.06 bits per heavy atom. The smallest absolute Gasteiger partial charge is 0.335 e. The molecule has 0 fully saturated rings. The third-order valence-electron chi connectivity index (χ3n) is 2.15. The number of sulfonamides is 1. The zero-order valence-corrected chi connectivity index (χ0v) is 11.5. The molecular weight excluding hydrogens is 278 g/mol. The summed E-state index contributed by atoms with van der Waals surface area (Å²) < 4.78 is 26.3. The summed E-state index contributed by atoms with van der Waals surface area (Å²) in [5.41, 5.74) is -0.121. The lowest BCUT2D eigenvalue weighted by Crippen LogP contribution is -2.28. The Labute approximate surface area is 111 Å². The molecule has 0 aliphatic carbocycles. The Morgan fingerprint density at radius 1 is 1.44 bits per heavy atom. The van der Waals surface area contributed by atoms with Crippen LogP contribution in [0.4, 0.5) is 0 Å². The van der Waals surface area contributed by atoms with E-state index in [0.29, 0.717) is 0 Å². The Balaban J connectivity index is 3.15. The number of rotatable bonds is 5. The second kappa shape index (κ2) is 5.69. The number of hydrogen-bond acceptors (Lipinski definition) is 3. The van der Waals surface area contributed by atoms with Crippen LogP contribution in [0.25, 0.3) is 0 Å². The fourth-order valence-corrected chi connectivity index (χ4v) is 2.93. The van der Waals surface area contributed by atoms with Crippen molar-refractivity contribution in [3.63, 3.8) is 0 Å². The molecule has 0 saturated heterocycles. The third-order valence-corrected chi connectivity index (χ3v) is 4.05. The number of aromatic carboxylic acids is 1. The second-order valence-corrected chi connectivity index (χ2v) is 6.34. The summed E-state index contributed by atoms with van der Waals surface area (Å²) in [5, 5.41) is 8.82. The van der Waals surface area contributed by atoms with E-state index in [0.717, 1.165) is 6.07 Å². The molecule has 100 valence electrons. The van der Waals surface area contributed by atoms with Crippen molar-refractivity contribution < 1.29 is 18.3 Å². The molecule has 0 aliphatic rings. The molecular formula is C11H14ClNO4S. The number of carboxylic acids is 1. The minimum absolute atomic E-state index is 0.00347. The fraction of sp³-hybridized carbons (Fsp3) is 0.364. The summed E-state index contributed by atoms with van der Waals surface area (Å²) in [6.45, 7) is 3.98. The van der Waals surface area contributed by atoms with Crippen LogP contribution >= 0.6 is 11.6 Å². The van der Waals surface area contributed by atoms with Crippen molar-refractivity contribution in [2.45, 2.75) is 18.7 Å². The van der Waals surface area contributed by atoms with Crippen molar-refractivity contribution in [1.82, 2.24) is 4.72 Å². The molecule has 0 spiro atoms. The number of carbonyl (C=O) groups is 1. The molecule has 1 aromatic rings. The monoisotopic (exact) mass is 291 g/mol. The molecule has 0 saturated carbocycles. The molecule has 0 unspecified atom stereocenters. The molecule has 1 rings (SSSR count). The van der Waals surface area contributed by atoms with E-state index in [2.05, 4.69) is 4.72 Å². The Hall–Kier alpha value is -1.11. The molecule has 0 bridgehead atoms. The van der Waals surface area contributed by atoms with Gasteiger partial charge in [0.05, 0.1) is 10.6 Å². The molecule has 0 aromatic heterocycles. The Morgan fingerprint density at radius 3 is 2.56 bits per heavy atom. The largest absolute Gasteiger partial charge is 0.478 e. The van der Waals surface area contributed by atoms with Gasteiger partial charge in [0.1, 0.15) is 4.90 Å². The van der Waals surface area contributed by atoms with Gasteiger partial charge in [-0.15, -0.1) is 0 Å². The zero-order valence-electron chi connectivity index (χ0n) is 9.97. The van der Waals surface area contributed by atoms with Gasteiger partial charge in [-0.1, -0.05) is 25.4 Å². The van der Waals surface area contributed by atoms with Crippen LogP contribution in [0.5, 0.6) is 0 Å². The number of benzene rings is 1. The van der Waals surface area contributed by atoms with E-state index in [4.69, 9.17) is 16.7 Å². The zero-order chi connectivity index (χ0) is 13.9. The number of hydrogen-bond donors (Lipinski definition) is 2. The molecule has 2 N–H and O–H groups in total. The first-order valence-corrected chi connectivity index (χ1v) is 7.12. The molecule has 0 atom stereocenters. The maximum absolute atomic E-state index is 11.9. The minimum atomic E-state index is -3.79. The third kappa shape index (κ3) is 3.69. The molecule has 5 nitrogen and oxygen atoms in total. The van der Waals surface area contributed by atoms with Crippen molar-refractivity contribution in [2.24, 2.45) is 5.92 Å². The van der Waals surface area contributed by atoms with Gasteiger partial charge >= 0.3 is 5.97 Å². The quantitative estimate of drug-likeness (QED) is 0.869. The van der Waals surface area contributed by atoms with Gasteiger partial charge < -0.3 is 5.11 Å². The van der Waals surface area contributed by atoms with Crippen molar-refractivity contribution in [3.05, 3.63) is 28.8 Å². The topological polar surface area (TPSA) is 83.5 Å². The second-order valence-electron chi connectivity index (χ2n) is 4.20. The summed E-state index contributed by atoms with van der Waals surface area (Å²) in [5.74, 6) is -1.06. The Bertz CT molecular complexity index is 554. The van der Waals surface area contributed by atoms with Gasteiger partial charge in [-0.25, -0.2) is 17.9 Å². The normalized spacial score (nSPS) is 11.8. The molecule has 18 heavy (non-hydrogen) atoms. The molecule has 0 radical (unpaired) electrons. The highest BCUT2D eigenvalue weighted by atomic mass is 35.5. The van der Waals surface area contributed by atoms with Crippen LogP contribution in [-0.2, 0) is 10.0 Å². The van der Waals surface area contributed by atoms with E-state index in [1.807, 2.05) is 13.8 Å². The highest BCUT2D eigenvalue weighted by Gasteiger charge is 2.19. The van der Waals surface area contributed by atoms with Gasteiger partial charge in [-0.05, 0) is 24.1 Å². The van der Waals surface area contributed by atoms with Crippen LogP contribution in [0.3, 0.4) is 0 Å². The maximum atomic E-state index is 11.9. The van der Waals surface area contributed by atoms with E-state index in [9.17, 15) is 13.2 Å². The van der Waals surface area contributed by atoms with Crippen LogP contribution in [0.1, 0.15) is 24.2 Å². The Kier molecular flexibility index (Phi) is 4.72. The summed E-state index contributed by atoms with van der Waals surface area (Å²) in [6.07, 6.45) is 0. The van der Waals surface area contributed by atoms with Gasteiger partial charge in [0.2, 0.25) is 10.0 Å². The summed E-state index contributed by atoms with van der Waals surface area (Å²) >= 11 is 5.79. The predicted octanol–water partition coefficient (Wildman–Crippen LogP) is 1.97. The summed E-state index contributed by atoms with van der Waals surface area (Å²) in [4.78, 5) is 10.6. The van der Waals surface area contributed by atoms with E-state index >= 15 is 0 Å². The summed E-state index contributed by atoms with van der Waals surface area (Å²) in [7, 11) is -3.79. The average molecular weight is 292 g/mol. The fourth-order valence-electron chi connectivity index (χ4n) is 1.20. The highest BCUT2D eigenvalue weighted by molar-refractivity contribution is 7.89. The summed E-state index contributed by atoms with van der Waals surface area (Å²) in [6, 6.07) is 3.56. The van der Waals surface area contributed by atoms with Crippen LogP contribution in [0, 0.1) is 5.92 Å². The van der Waals surface area contributed by atoms with Gasteiger partial charge in [-0.2, -0.15) is 0 Å². The van der Waals surface area contributed by atoms with Crippen LogP contribution in [0.15, 0.2) is 23.1 Å². The number of nitrogens with one attached hydrogen (secondary N) is 1. The van der Waals surface area contributed by atoms with E-state index in [1.54, 1.807) is 0 Å². The lowest BCUT2D eigenvalue weighted by Gasteiger charge is -2.10. The number of halogens is 1. The average Bonchev–Trinajstić information content (AvgIpc) is 2.26. The van der Waals surface area contributed by atoms with Gasteiger partial charge in [0.25, 0.3) is 0 Å². The van der Waals surface area contributed by atoms with Crippen molar-refractivity contribution in [1.29, 1.82) is 0 Å². The minimum Gasteiger partial charge on any atom is -0.478 e. The molecule has 0 amide bonds. The van der Waals surface area contributed by atoms with Gasteiger partial charge in [-0.3, -0.25) is 0 Å². The SMILES string of the molecule is CC(C)CNS(=O)(=O)c1cc(C(=O)O)ccc1Cl. The predicted molar refractivity (Wildman–Crippen MR) is 68.4 cm³/mol. The lowest BCUT2D eigenvalue weighted by molar-refractivity contribution is 0.0696. The first kappa shape index (κ1) is 14.9. The highest BCUT2D eigenvalue weighted by Crippen LogP contribution is 2.22. The first-order chi connectivity index (χ1) is 8.24. The van der Waals surface area contributed by atoms with Gasteiger partial charge in [0.15, 0.2) is 0 Å². The number of carboxylic acid groups (broad SMARTS) is 1. The van der Waals surface area contributed by atoms with E-state index < -0.39 is 16.0 Å². The van der Waals surface area contributed by atoms with Crippen LogP contribution < -0.4 is 4.72 Å². The van der Waals surface area contributed by atoms with Crippen molar-refractivity contribution >= 4 is 27.6 Å². The molecule has 7 heteroatoms. The standard InChI is InChI=1S/C11H14ClNO4S/c1-7(2)6-13-18(16,17)10-5-8(11(14)15)3-4-9(10)12/h3-5,7,13H,6H2,1-2H3,(H,14,15).